The molecule has 0 unspecified atom stereocenters. The molecule has 0 spiro atoms. The van der Waals surface area contributed by atoms with Gasteiger partial charge in [-0.3, -0.25) is 4.28 Å². The fraction of sp³-hybridized carbons (Fsp3) is 0.222. The van der Waals surface area contributed by atoms with Gasteiger partial charge in [0.15, 0.2) is 0 Å². The topological polar surface area (TPSA) is 111 Å². The molecular weight excluding hydrogens is 404 g/mol. The Morgan fingerprint density at radius 3 is 1.71 bits per heavy atom. The number of rotatable bonds is 6. The van der Waals surface area contributed by atoms with Crippen molar-refractivity contribution >= 4 is 30.7 Å². The van der Waals surface area contributed by atoms with E-state index in [-0.39, 0.29) is 15.5 Å². The second-order valence-electron chi connectivity index (χ2n) is 5.91. The second kappa shape index (κ2) is 8.53. The zero-order chi connectivity index (χ0) is 20.9. The highest BCUT2D eigenvalue weighted by Gasteiger charge is 2.28. The molecule has 0 fully saturated rings. The lowest BCUT2D eigenvalue weighted by Crippen LogP contribution is -2.24. The van der Waals surface area contributed by atoms with Crippen molar-refractivity contribution in [3.8, 4) is 0 Å². The Morgan fingerprint density at radius 1 is 0.786 bits per heavy atom. The van der Waals surface area contributed by atoms with E-state index in [4.69, 9.17) is 0 Å². The van der Waals surface area contributed by atoms with Gasteiger partial charge in [-0.05, 0) is 45.0 Å². The molecule has 0 aromatic heterocycles. The minimum absolute atomic E-state index is 0.0844. The number of hydrogen-bond acceptors (Lipinski definition) is 8. The first-order valence-corrected chi connectivity index (χ1v) is 11.0. The fourth-order valence-electron chi connectivity index (χ4n) is 2.15. The van der Waals surface area contributed by atoms with Gasteiger partial charge in [-0.2, -0.15) is 8.42 Å². The van der Waals surface area contributed by atoms with E-state index < -0.39 is 25.0 Å². The zero-order valence-electron chi connectivity index (χ0n) is 15.8. The Morgan fingerprint density at radius 2 is 1.25 bits per heavy atom. The molecule has 8 nitrogen and oxygen atoms in total. The van der Waals surface area contributed by atoms with E-state index in [1.165, 1.54) is 38.3 Å². The molecule has 150 valence electrons. The number of hydrogen-bond donors (Lipinski definition) is 0. The van der Waals surface area contributed by atoms with Crippen molar-refractivity contribution in [1.82, 2.24) is 0 Å². The van der Waals surface area contributed by atoms with E-state index in [0.717, 1.165) is 11.1 Å². The van der Waals surface area contributed by atoms with Crippen LogP contribution in [0.25, 0.3) is 0 Å². The average Bonchev–Trinajstić information content (AvgIpc) is 2.62. The quantitative estimate of drug-likeness (QED) is 0.400. The van der Waals surface area contributed by atoms with E-state index in [9.17, 15) is 16.8 Å². The molecule has 2 aromatic carbocycles. The van der Waals surface area contributed by atoms with Crippen molar-refractivity contribution in [1.29, 1.82) is 0 Å². The van der Waals surface area contributed by atoms with Crippen LogP contribution < -0.4 is 0 Å². The van der Waals surface area contributed by atoms with Gasteiger partial charge in [0.25, 0.3) is 0 Å². The van der Waals surface area contributed by atoms with Gasteiger partial charge < -0.3 is 4.84 Å². The van der Waals surface area contributed by atoms with Crippen molar-refractivity contribution in [2.24, 2.45) is 10.3 Å². The molecule has 0 aliphatic carbocycles. The van der Waals surface area contributed by atoms with Crippen LogP contribution in [-0.2, 0) is 29.1 Å². The first-order valence-electron chi connectivity index (χ1n) is 8.06. The Hall–Kier alpha value is -2.72. The predicted octanol–water partition coefficient (Wildman–Crippen LogP) is 2.82. The molecule has 2 rings (SSSR count). The van der Waals surface area contributed by atoms with Crippen LogP contribution in [-0.4, -0.2) is 34.7 Å². The number of nitrogens with zero attached hydrogens (tertiary/aromatic N) is 2. The van der Waals surface area contributed by atoms with Crippen LogP contribution >= 0.6 is 0 Å². The zero-order valence-corrected chi connectivity index (χ0v) is 17.4. The van der Waals surface area contributed by atoms with Crippen LogP contribution in [0.2, 0.25) is 0 Å². The summed E-state index contributed by atoms with van der Waals surface area (Å²) in [6.07, 6.45) is 0. The first kappa shape index (κ1) is 21.6. The van der Waals surface area contributed by atoms with Gasteiger partial charge in [-0.1, -0.05) is 45.7 Å². The summed E-state index contributed by atoms with van der Waals surface area (Å²) in [6.45, 7) is 4.92. The van der Waals surface area contributed by atoms with Gasteiger partial charge in [-0.15, -0.1) is 0 Å². The summed E-state index contributed by atoms with van der Waals surface area (Å²) in [6, 6.07) is 11.8. The molecule has 2 aromatic rings. The molecule has 0 heterocycles. The van der Waals surface area contributed by atoms with Gasteiger partial charge in [0.2, 0.25) is 14.9 Å². The Bertz CT molecular complexity index is 1100. The maximum absolute atomic E-state index is 12.9. The van der Waals surface area contributed by atoms with Crippen LogP contribution in [0.4, 0.5) is 0 Å². The minimum Gasteiger partial charge on any atom is -0.399 e. The van der Waals surface area contributed by atoms with Gasteiger partial charge in [-0.25, -0.2) is 8.42 Å². The summed E-state index contributed by atoms with van der Waals surface area (Å²) >= 11 is 0. The van der Waals surface area contributed by atoms with Crippen LogP contribution in [0.1, 0.15) is 18.1 Å². The summed E-state index contributed by atoms with van der Waals surface area (Å²) in [5.41, 5.74) is 1.55. The van der Waals surface area contributed by atoms with E-state index in [0.29, 0.717) is 0 Å². The van der Waals surface area contributed by atoms with E-state index in [1.54, 1.807) is 38.1 Å². The molecule has 0 bridgehead atoms. The number of benzene rings is 2. The van der Waals surface area contributed by atoms with Crippen molar-refractivity contribution in [2.45, 2.75) is 30.6 Å². The molecule has 0 radical (unpaired) electrons. The van der Waals surface area contributed by atoms with Crippen LogP contribution in [0.3, 0.4) is 0 Å². The summed E-state index contributed by atoms with van der Waals surface area (Å²) in [5.74, 6) is 0. The second-order valence-corrected chi connectivity index (χ2v) is 9.31. The Kier molecular flexibility index (Phi) is 6.57. The minimum atomic E-state index is -4.32. The van der Waals surface area contributed by atoms with E-state index in [2.05, 4.69) is 19.4 Å². The summed E-state index contributed by atoms with van der Waals surface area (Å²) in [4.78, 5) is 4.36. The van der Waals surface area contributed by atoms with Gasteiger partial charge in [0, 0.05) is 0 Å². The van der Waals surface area contributed by atoms with E-state index in [1.807, 2.05) is 0 Å². The largest absolute Gasteiger partial charge is 0.399 e. The van der Waals surface area contributed by atoms with Crippen LogP contribution in [0.5, 0.6) is 0 Å². The maximum atomic E-state index is 12.9. The molecular formula is C18H20N2O6S2. The molecule has 0 saturated carbocycles. The molecule has 0 aliphatic heterocycles. The highest BCUT2D eigenvalue weighted by molar-refractivity contribution is 8.08. The third-order valence-electron chi connectivity index (χ3n) is 3.65. The third-order valence-corrected chi connectivity index (χ3v) is 6.54. The smallest absolute Gasteiger partial charge is 0.358 e. The fourth-order valence-corrected chi connectivity index (χ4v) is 4.20. The van der Waals surface area contributed by atoms with Gasteiger partial charge in [0.1, 0.15) is 17.7 Å². The number of oxime groups is 2. The molecule has 10 heteroatoms. The normalized spacial score (nSPS) is 13.3. The average molecular weight is 425 g/mol. The first-order chi connectivity index (χ1) is 13.1. The van der Waals surface area contributed by atoms with Crippen molar-refractivity contribution < 1.29 is 26.0 Å². The van der Waals surface area contributed by atoms with Crippen LogP contribution in [0.15, 0.2) is 68.6 Å². The third kappa shape index (κ3) is 4.96. The number of aryl methyl sites for hydroxylation is 2. The van der Waals surface area contributed by atoms with Crippen LogP contribution in [0, 0.1) is 13.8 Å². The van der Waals surface area contributed by atoms with Crippen molar-refractivity contribution in [2.75, 3.05) is 7.11 Å². The maximum Gasteiger partial charge on any atom is 0.358 e. The van der Waals surface area contributed by atoms with Crippen molar-refractivity contribution in [3.05, 3.63) is 59.7 Å². The molecule has 0 atom stereocenters. The Labute approximate surface area is 164 Å². The highest BCUT2D eigenvalue weighted by Crippen LogP contribution is 2.18. The molecule has 0 aliphatic rings. The lowest BCUT2D eigenvalue weighted by molar-refractivity contribution is 0.214. The summed E-state index contributed by atoms with van der Waals surface area (Å²) in [7, 11) is -7.29. The SMILES string of the molecule is CON=C(C)C(=NOS(=O)(=O)c1ccc(C)cc1)S(=O)(=O)c1ccc(C)cc1. The molecule has 0 N–H and O–H groups in total. The van der Waals surface area contributed by atoms with Gasteiger partial charge >= 0.3 is 10.1 Å². The monoisotopic (exact) mass is 424 g/mol. The lowest BCUT2D eigenvalue weighted by atomic mass is 10.2. The lowest BCUT2D eigenvalue weighted by Gasteiger charge is -2.08. The summed E-state index contributed by atoms with van der Waals surface area (Å²) in [5, 5.41) is 6.29. The van der Waals surface area contributed by atoms with Crippen molar-refractivity contribution in [3.63, 3.8) is 0 Å². The Balaban J connectivity index is 2.50. The predicted molar refractivity (Wildman–Crippen MR) is 105 cm³/mol. The standard InChI is InChI=1S/C18H20N2O6S2/c1-13-5-9-16(10-6-13)27(21,22)18(15(3)19-25-4)20-26-28(23,24)17-11-7-14(2)8-12-17/h5-12H,1-4H3. The van der Waals surface area contributed by atoms with E-state index >= 15 is 0 Å². The highest BCUT2D eigenvalue weighted by atomic mass is 32.2. The molecule has 28 heavy (non-hydrogen) atoms. The number of sulfone groups is 1. The molecule has 0 amide bonds. The van der Waals surface area contributed by atoms with Gasteiger partial charge in [0.05, 0.1) is 4.90 Å². The molecule has 0 saturated heterocycles. The summed E-state index contributed by atoms with van der Waals surface area (Å²) < 4.78 is 55.2.